The smallest absolute Gasteiger partial charge is 0.208 e. The van der Waals surface area contributed by atoms with Crippen LogP contribution in [0.25, 0.3) is 11.3 Å². The van der Waals surface area contributed by atoms with Crippen LogP contribution in [0.4, 0.5) is 0 Å². The van der Waals surface area contributed by atoms with Crippen molar-refractivity contribution in [1.29, 1.82) is 0 Å². The second-order valence-electron chi connectivity index (χ2n) is 4.63. The van der Waals surface area contributed by atoms with Crippen LogP contribution in [-0.2, 0) is 27.9 Å². The van der Waals surface area contributed by atoms with Crippen LogP contribution in [0.2, 0.25) is 0 Å². The van der Waals surface area contributed by atoms with Gasteiger partial charge >= 0.3 is 0 Å². The number of nitrogens with one attached hydrogen (secondary N) is 1. The van der Waals surface area contributed by atoms with Gasteiger partial charge in [-0.15, -0.1) is 5.10 Å². The number of furan rings is 1. The van der Waals surface area contributed by atoms with Crippen LogP contribution in [0.5, 0.6) is 0 Å². The largest absolute Gasteiger partial charge is 0.472 e. The van der Waals surface area contributed by atoms with Crippen molar-refractivity contribution in [2.45, 2.75) is 19.3 Å². The molecule has 1 atom stereocenters. The van der Waals surface area contributed by atoms with E-state index in [1.165, 1.54) is 0 Å². The number of fused-ring (bicyclic) bond motifs is 1. The fourth-order valence-electron chi connectivity index (χ4n) is 2.06. The van der Waals surface area contributed by atoms with E-state index >= 15 is 0 Å². The summed E-state index contributed by atoms with van der Waals surface area (Å²) in [5.41, 5.74) is 2.44. The molecule has 20 heavy (non-hydrogen) atoms. The van der Waals surface area contributed by atoms with Gasteiger partial charge in [0.25, 0.3) is 0 Å². The van der Waals surface area contributed by atoms with Crippen molar-refractivity contribution in [1.82, 2.24) is 19.7 Å². The van der Waals surface area contributed by atoms with E-state index < -0.39 is 10.0 Å². The summed E-state index contributed by atoms with van der Waals surface area (Å²) in [5.74, 6) is 0. The predicted molar refractivity (Wildman–Crippen MR) is 69.1 cm³/mol. The van der Waals surface area contributed by atoms with Gasteiger partial charge in [-0.2, -0.15) is 0 Å². The standard InChI is InChI=1S/C11H14N4O4S/c1-20(16,17)12-4-9-5-15-10(7-19-9)11(13-14-15)8-2-3-18-6-8/h2-3,6,9,12H,4-5,7H2,1H3/t9-/m0/s1. The van der Waals surface area contributed by atoms with Crippen molar-refractivity contribution in [2.75, 3.05) is 12.8 Å². The zero-order valence-corrected chi connectivity index (χ0v) is 11.6. The Kier molecular flexibility index (Phi) is 3.32. The average molecular weight is 298 g/mol. The molecular weight excluding hydrogens is 284 g/mol. The molecule has 108 valence electrons. The van der Waals surface area contributed by atoms with Gasteiger partial charge in [0.15, 0.2) is 0 Å². The van der Waals surface area contributed by atoms with E-state index in [2.05, 4.69) is 15.0 Å². The Bertz CT molecular complexity index is 692. The number of rotatable bonds is 4. The van der Waals surface area contributed by atoms with Crippen molar-refractivity contribution in [3.63, 3.8) is 0 Å². The van der Waals surface area contributed by atoms with Gasteiger partial charge in [0.1, 0.15) is 5.69 Å². The summed E-state index contributed by atoms with van der Waals surface area (Å²) in [4.78, 5) is 0. The lowest BCUT2D eigenvalue weighted by atomic mass is 10.2. The molecule has 8 nitrogen and oxygen atoms in total. The summed E-state index contributed by atoms with van der Waals surface area (Å²) in [6, 6.07) is 1.81. The molecule has 0 saturated heterocycles. The number of hydrogen-bond acceptors (Lipinski definition) is 6. The van der Waals surface area contributed by atoms with E-state index in [4.69, 9.17) is 9.15 Å². The molecule has 0 saturated carbocycles. The number of nitrogens with zero attached hydrogens (tertiary/aromatic N) is 3. The highest BCUT2D eigenvalue weighted by Crippen LogP contribution is 2.25. The van der Waals surface area contributed by atoms with Crippen LogP contribution in [0.3, 0.4) is 0 Å². The lowest BCUT2D eigenvalue weighted by Crippen LogP contribution is -2.38. The second kappa shape index (κ2) is 5.00. The quantitative estimate of drug-likeness (QED) is 0.852. The third-order valence-corrected chi connectivity index (χ3v) is 3.73. The lowest BCUT2D eigenvalue weighted by Gasteiger charge is -2.23. The van der Waals surface area contributed by atoms with Gasteiger partial charge in [-0.1, -0.05) is 5.21 Å². The first kappa shape index (κ1) is 13.3. The normalized spacial score (nSPS) is 18.9. The van der Waals surface area contributed by atoms with Crippen LogP contribution in [-0.4, -0.2) is 42.3 Å². The first-order chi connectivity index (χ1) is 9.53. The van der Waals surface area contributed by atoms with Crippen molar-refractivity contribution < 1.29 is 17.6 Å². The predicted octanol–water partition coefficient (Wildman–Crippen LogP) is -0.0139. The van der Waals surface area contributed by atoms with E-state index in [0.717, 1.165) is 23.2 Å². The Morgan fingerprint density at radius 3 is 3.10 bits per heavy atom. The molecule has 0 fully saturated rings. The molecule has 9 heteroatoms. The van der Waals surface area contributed by atoms with Crippen molar-refractivity contribution in [2.24, 2.45) is 0 Å². The molecule has 0 amide bonds. The highest BCUT2D eigenvalue weighted by atomic mass is 32.2. The topological polar surface area (TPSA) is 99.2 Å². The molecule has 1 N–H and O–H groups in total. The van der Waals surface area contributed by atoms with Crippen LogP contribution in [0.1, 0.15) is 5.69 Å². The average Bonchev–Trinajstić information content (AvgIpc) is 3.03. The first-order valence-electron chi connectivity index (χ1n) is 6.04. The molecule has 0 radical (unpaired) electrons. The molecule has 1 aliphatic heterocycles. The van der Waals surface area contributed by atoms with Gasteiger partial charge in [-0.25, -0.2) is 17.8 Å². The van der Waals surface area contributed by atoms with E-state index in [0.29, 0.717) is 13.2 Å². The molecule has 0 aliphatic carbocycles. The zero-order valence-electron chi connectivity index (χ0n) is 10.8. The van der Waals surface area contributed by atoms with Crippen molar-refractivity contribution in [3.8, 4) is 11.3 Å². The summed E-state index contributed by atoms with van der Waals surface area (Å²) in [7, 11) is -3.22. The van der Waals surface area contributed by atoms with E-state index in [1.807, 2.05) is 6.07 Å². The third-order valence-electron chi connectivity index (χ3n) is 3.04. The monoisotopic (exact) mass is 298 g/mol. The third kappa shape index (κ3) is 2.74. The first-order valence-corrected chi connectivity index (χ1v) is 7.93. The van der Waals surface area contributed by atoms with E-state index in [9.17, 15) is 8.42 Å². The summed E-state index contributed by atoms with van der Waals surface area (Å²) in [6.45, 7) is 1.02. The zero-order chi connectivity index (χ0) is 14.2. The number of hydrogen-bond donors (Lipinski definition) is 1. The molecule has 0 unspecified atom stereocenters. The van der Waals surface area contributed by atoms with E-state index in [1.54, 1.807) is 17.2 Å². The highest BCUT2D eigenvalue weighted by molar-refractivity contribution is 7.88. The van der Waals surface area contributed by atoms with Crippen LogP contribution in [0, 0.1) is 0 Å². The van der Waals surface area contributed by atoms with Crippen molar-refractivity contribution >= 4 is 10.0 Å². The minimum atomic E-state index is -3.22. The fourth-order valence-corrected chi connectivity index (χ4v) is 2.54. The molecule has 3 rings (SSSR count). The number of aromatic nitrogens is 3. The molecule has 0 spiro atoms. The Morgan fingerprint density at radius 2 is 2.40 bits per heavy atom. The van der Waals surface area contributed by atoms with Gasteiger partial charge in [0, 0.05) is 12.1 Å². The Balaban J connectivity index is 1.74. The molecule has 3 heterocycles. The minimum Gasteiger partial charge on any atom is -0.472 e. The maximum absolute atomic E-state index is 11.1. The second-order valence-corrected chi connectivity index (χ2v) is 6.47. The van der Waals surface area contributed by atoms with Gasteiger partial charge in [-0.05, 0) is 6.07 Å². The maximum atomic E-state index is 11.1. The Hall–Kier alpha value is -1.71. The molecule has 2 aromatic heterocycles. The Labute approximate surface area is 115 Å². The SMILES string of the molecule is CS(=O)(=O)NC[C@H]1Cn2nnc(-c3ccoc3)c2CO1. The van der Waals surface area contributed by atoms with Crippen molar-refractivity contribution in [3.05, 3.63) is 24.3 Å². The maximum Gasteiger partial charge on any atom is 0.208 e. The summed E-state index contributed by atoms with van der Waals surface area (Å²) in [5, 5.41) is 8.19. The Morgan fingerprint density at radius 1 is 1.55 bits per heavy atom. The van der Waals surface area contributed by atoms with Crippen LogP contribution >= 0.6 is 0 Å². The molecule has 1 aliphatic rings. The number of sulfonamides is 1. The summed E-state index contributed by atoms with van der Waals surface area (Å²) < 4.78 is 37.0. The number of ether oxygens (including phenoxy) is 1. The molecule has 2 aromatic rings. The van der Waals surface area contributed by atoms with E-state index in [-0.39, 0.29) is 12.6 Å². The lowest BCUT2D eigenvalue weighted by molar-refractivity contribution is 0.00434. The molecule has 0 bridgehead atoms. The molecule has 0 aromatic carbocycles. The summed E-state index contributed by atoms with van der Waals surface area (Å²) >= 11 is 0. The summed E-state index contributed by atoms with van der Waals surface area (Å²) in [6.07, 6.45) is 4.04. The van der Waals surface area contributed by atoms with Gasteiger partial charge in [0.05, 0.1) is 43.7 Å². The minimum absolute atomic E-state index is 0.221. The van der Waals surface area contributed by atoms with Gasteiger partial charge < -0.3 is 9.15 Å². The van der Waals surface area contributed by atoms with Gasteiger partial charge in [-0.3, -0.25) is 0 Å². The van der Waals surface area contributed by atoms with Gasteiger partial charge in [0.2, 0.25) is 10.0 Å². The molecular formula is C11H14N4O4S. The fraction of sp³-hybridized carbons (Fsp3) is 0.455. The van der Waals surface area contributed by atoms with Crippen LogP contribution in [0.15, 0.2) is 23.0 Å². The highest BCUT2D eigenvalue weighted by Gasteiger charge is 2.25. The van der Waals surface area contributed by atoms with Crippen LogP contribution < -0.4 is 4.72 Å².